The average molecular weight is 1340 g/mol. The molecule has 0 amide bonds. The molecule has 0 aliphatic rings. The molecule has 0 aromatic heterocycles. The zero-order valence-corrected chi connectivity index (χ0v) is 62.5. The molecular weight excluding hydrogens is 1190 g/mol. The summed E-state index contributed by atoms with van der Waals surface area (Å²) in [4.78, 5) is 35.4. The monoisotopic (exact) mass is 1340 g/mol. The van der Waals surface area contributed by atoms with Crippen LogP contribution < -0.4 is 5.73 Å². The van der Waals surface area contributed by atoms with E-state index >= 15 is 0 Å². The predicted molar refractivity (Wildman–Crippen MR) is 413 cm³/mol. The summed E-state index contributed by atoms with van der Waals surface area (Å²) in [5.74, 6) is -0.839. The minimum absolute atomic E-state index is 0.0459. The number of phosphoric acid groups is 1. The molecule has 0 spiro atoms. The second-order valence-corrected chi connectivity index (χ2v) is 27.7. The third-order valence-electron chi connectivity index (χ3n) is 17.0. The number of hydrogen-bond acceptors (Lipinski definition) is 8. The van der Waals surface area contributed by atoms with E-state index in [1.54, 1.807) is 0 Å². The molecule has 0 aliphatic carbocycles. The molecule has 0 saturated carbocycles. The Morgan fingerprint density at radius 3 is 0.874 bits per heavy atom. The summed E-state index contributed by atoms with van der Waals surface area (Å²) in [7, 11) is -4.41. The molecule has 0 aromatic rings. The minimum Gasteiger partial charge on any atom is -0.462 e. The minimum atomic E-state index is -4.41. The molecule has 0 heterocycles. The molecule has 0 saturated heterocycles. The van der Waals surface area contributed by atoms with Crippen LogP contribution in [0.15, 0.2) is 134 Å². The van der Waals surface area contributed by atoms with E-state index in [0.29, 0.717) is 6.42 Å². The first-order valence-corrected chi connectivity index (χ1v) is 41.2. The van der Waals surface area contributed by atoms with Crippen LogP contribution in [0.25, 0.3) is 0 Å². The van der Waals surface area contributed by atoms with E-state index in [9.17, 15) is 19.0 Å². The van der Waals surface area contributed by atoms with Gasteiger partial charge in [0.15, 0.2) is 6.10 Å². The van der Waals surface area contributed by atoms with Gasteiger partial charge in [0.2, 0.25) is 0 Å². The summed E-state index contributed by atoms with van der Waals surface area (Å²) in [5, 5.41) is 0. The fourth-order valence-electron chi connectivity index (χ4n) is 11.2. The summed E-state index contributed by atoms with van der Waals surface area (Å²) < 4.78 is 33.2. The van der Waals surface area contributed by atoms with Gasteiger partial charge in [-0.2, -0.15) is 0 Å². The van der Waals surface area contributed by atoms with Gasteiger partial charge in [-0.15, -0.1) is 0 Å². The highest BCUT2D eigenvalue weighted by Gasteiger charge is 2.26. The number of carbonyl (C=O) groups excluding carboxylic acids is 2. The second-order valence-electron chi connectivity index (χ2n) is 26.2. The smallest absolute Gasteiger partial charge is 0.462 e. The van der Waals surface area contributed by atoms with Gasteiger partial charge >= 0.3 is 19.8 Å². The van der Waals surface area contributed by atoms with E-state index in [0.717, 1.165) is 122 Å². The number of nitrogens with two attached hydrogens (primary N) is 1. The Morgan fingerprint density at radius 2 is 0.579 bits per heavy atom. The third kappa shape index (κ3) is 79.0. The van der Waals surface area contributed by atoms with Crippen LogP contribution in [0.5, 0.6) is 0 Å². The lowest BCUT2D eigenvalue weighted by molar-refractivity contribution is -0.161. The van der Waals surface area contributed by atoms with Crippen LogP contribution >= 0.6 is 7.82 Å². The van der Waals surface area contributed by atoms with Crippen molar-refractivity contribution in [1.29, 1.82) is 0 Å². The van der Waals surface area contributed by atoms with E-state index < -0.39 is 26.5 Å². The zero-order valence-electron chi connectivity index (χ0n) is 61.6. The largest absolute Gasteiger partial charge is 0.472 e. The van der Waals surface area contributed by atoms with Gasteiger partial charge in [0.25, 0.3) is 0 Å². The maximum Gasteiger partial charge on any atom is 0.472 e. The summed E-state index contributed by atoms with van der Waals surface area (Å²) in [6, 6.07) is 0. The van der Waals surface area contributed by atoms with Crippen LogP contribution in [0.2, 0.25) is 0 Å². The maximum atomic E-state index is 12.8. The van der Waals surface area contributed by atoms with E-state index in [1.807, 2.05) is 0 Å². The van der Waals surface area contributed by atoms with Crippen molar-refractivity contribution < 1.29 is 37.6 Å². The van der Waals surface area contributed by atoms with Gasteiger partial charge < -0.3 is 20.1 Å². The van der Waals surface area contributed by atoms with Crippen LogP contribution in [0.4, 0.5) is 0 Å². The van der Waals surface area contributed by atoms with Crippen LogP contribution in [-0.2, 0) is 32.7 Å². The van der Waals surface area contributed by atoms with Crippen molar-refractivity contribution in [2.75, 3.05) is 26.4 Å². The molecule has 10 heteroatoms. The van der Waals surface area contributed by atoms with Gasteiger partial charge in [-0.3, -0.25) is 18.6 Å². The molecule has 2 unspecified atom stereocenters. The zero-order chi connectivity index (χ0) is 68.6. The summed E-state index contributed by atoms with van der Waals surface area (Å²) in [6.07, 6.45) is 113. The Morgan fingerprint density at radius 1 is 0.326 bits per heavy atom. The number of allylic oxidation sites excluding steroid dienone is 22. The lowest BCUT2D eigenvalue weighted by Gasteiger charge is -2.19. The van der Waals surface area contributed by atoms with Crippen LogP contribution in [0.1, 0.15) is 361 Å². The van der Waals surface area contributed by atoms with Crippen molar-refractivity contribution in [2.24, 2.45) is 5.73 Å². The van der Waals surface area contributed by atoms with E-state index in [4.69, 9.17) is 24.3 Å². The van der Waals surface area contributed by atoms with Gasteiger partial charge in [0, 0.05) is 19.4 Å². The first kappa shape index (κ1) is 91.2. The fraction of sp³-hybridized carbons (Fsp3) is 0.718. The highest BCUT2D eigenvalue weighted by atomic mass is 31.2. The molecule has 9 nitrogen and oxygen atoms in total. The third-order valence-corrected chi connectivity index (χ3v) is 18.0. The number of hydrogen-bond donors (Lipinski definition) is 2. The van der Waals surface area contributed by atoms with Crippen molar-refractivity contribution >= 4 is 19.8 Å². The van der Waals surface area contributed by atoms with Crippen molar-refractivity contribution in [1.82, 2.24) is 0 Å². The Labute approximate surface area is 586 Å². The van der Waals surface area contributed by atoms with Crippen LogP contribution in [-0.4, -0.2) is 49.3 Å². The quantitative estimate of drug-likeness (QED) is 0.0264. The number of ether oxygens (including phenoxy) is 2. The molecule has 0 fully saturated rings. The second kappa shape index (κ2) is 79.1. The first-order chi connectivity index (χ1) is 46.8. The number of carbonyl (C=O) groups is 2. The summed E-state index contributed by atoms with van der Waals surface area (Å²) in [5.41, 5.74) is 5.41. The molecular formula is C85H148NO8P. The number of rotatable bonds is 74. The highest BCUT2D eigenvalue weighted by molar-refractivity contribution is 7.47. The number of unbranched alkanes of at least 4 members (excludes halogenated alkanes) is 39. The SMILES string of the molecule is CC/C=C\C/C=C\C/C=C\C/C=C\C/C=C\C/C=C\C/C=C\C/C=C\C/C=C\C/C=C\CCCCCCCCC(=O)OC(COC(=O)CCCCCCCCCCCCCCCCCCCCCCCCCCC/C=C\CCCCCCCCCC)COP(=O)(O)OCCN. The highest BCUT2D eigenvalue weighted by Crippen LogP contribution is 2.43. The van der Waals surface area contributed by atoms with Crippen molar-refractivity contribution in [3.05, 3.63) is 134 Å². The van der Waals surface area contributed by atoms with E-state index in [2.05, 4.69) is 148 Å². The van der Waals surface area contributed by atoms with Gasteiger partial charge in [-0.05, 0) is 116 Å². The van der Waals surface area contributed by atoms with E-state index in [-0.39, 0.29) is 38.6 Å². The molecule has 2 atom stereocenters. The average Bonchev–Trinajstić information content (AvgIpc) is 2.64. The summed E-state index contributed by atoms with van der Waals surface area (Å²) >= 11 is 0. The van der Waals surface area contributed by atoms with Crippen LogP contribution in [0, 0.1) is 0 Å². The number of phosphoric ester groups is 1. The van der Waals surface area contributed by atoms with Crippen molar-refractivity contribution in [3.8, 4) is 0 Å². The Hall–Kier alpha value is -3.85. The molecule has 0 aliphatic heterocycles. The van der Waals surface area contributed by atoms with E-state index in [1.165, 1.54) is 205 Å². The standard InChI is InChI=1S/C85H148NO8P/c1-3-5-7-9-11-13-15-17-19-21-23-25-27-29-31-33-35-37-39-41-43-45-47-49-51-53-55-57-59-61-63-65-67-69-71-73-75-77-84(87)91-81-83(82-93-95(89,90)92-80-79-86)94-85(88)78-76-74-72-70-68-66-64-62-60-58-56-54-52-50-48-46-44-42-40-38-36-34-32-30-28-26-24-22-20-18-16-14-12-10-8-6-4-2/h6,8,12,14,18,20-21,23-24,26,30,32,36,38,42,44,48,50,54,56,60,62,83H,3-5,7,9-11,13,15-17,19,22,25,27-29,31,33-35,37,39-41,43,45-47,49,51-53,55,57-59,61,63-82,86H2,1-2H3,(H,89,90)/b8-6-,14-12-,20-18-,23-21-,26-24-,32-30-,38-36-,44-42-,50-48-,56-54-,62-60-. The Kier molecular flexibility index (Phi) is 75.9. The first-order valence-electron chi connectivity index (χ1n) is 39.7. The molecule has 0 radical (unpaired) electrons. The van der Waals surface area contributed by atoms with Gasteiger partial charge in [0.1, 0.15) is 6.61 Å². The molecule has 95 heavy (non-hydrogen) atoms. The Balaban J connectivity index is 3.88. The molecule has 0 bridgehead atoms. The normalized spacial score (nSPS) is 13.6. The molecule has 0 rings (SSSR count). The lowest BCUT2D eigenvalue weighted by atomic mass is 10.0. The molecule has 0 aromatic carbocycles. The van der Waals surface area contributed by atoms with Crippen molar-refractivity contribution in [3.63, 3.8) is 0 Å². The topological polar surface area (TPSA) is 134 Å². The van der Waals surface area contributed by atoms with Gasteiger partial charge in [0.05, 0.1) is 13.2 Å². The maximum absolute atomic E-state index is 12.8. The van der Waals surface area contributed by atoms with Gasteiger partial charge in [-0.1, -0.05) is 366 Å². The summed E-state index contributed by atoms with van der Waals surface area (Å²) in [6.45, 7) is 3.64. The number of esters is 2. The lowest BCUT2D eigenvalue weighted by Crippen LogP contribution is -2.29. The predicted octanol–water partition coefficient (Wildman–Crippen LogP) is 26.8. The van der Waals surface area contributed by atoms with Gasteiger partial charge in [-0.25, -0.2) is 4.57 Å². The van der Waals surface area contributed by atoms with Crippen molar-refractivity contribution in [2.45, 2.75) is 367 Å². The Bertz CT molecular complexity index is 2030. The molecule has 546 valence electrons. The molecule has 3 N–H and O–H groups in total. The fourth-order valence-corrected chi connectivity index (χ4v) is 12.0. The van der Waals surface area contributed by atoms with Crippen LogP contribution in [0.3, 0.4) is 0 Å².